The van der Waals surface area contributed by atoms with Crippen LogP contribution in [0.1, 0.15) is 26.7 Å². The lowest BCUT2D eigenvalue weighted by atomic mass is 10.1. The Morgan fingerprint density at radius 3 is 2.63 bits per heavy atom. The molecule has 0 unspecified atom stereocenters. The molecule has 1 N–H and O–H groups in total. The average Bonchev–Trinajstić information content (AvgIpc) is 3.25. The first-order valence-electron chi connectivity index (χ1n) is 7.22. The Bertz CT molecular complexity index is 571. The lowest BCUT2D eigenvalue weighted by molar-refractivity contribution is 0.852. The Balaban J connectivity index is 2.08. The number of hydrogen-bond donors (Lipinski definition) is 1. The molecule has 0 atom stereocenters. The van der Waals surface area contributed by atoms with Gasteiger partial charge in [0.05, 0.1) is 0 Å². The van der Waals surface area contributed by atoms with Crippen molar-refractivity contribution >= 4 is 22.3 Å². The van der Waals surface area contributed by atoms with Crippen LogP contribution in [-0.4, -0.2) is 24.1 Å². The van der Waals surface area contributed by atoms with Crippen molar-refractivity contribution in [3.05, 3.63) is 30.5 Å². The number of pyridine rings is 1. The summed E-state index contributed by atoms with van der Waals surface area (Å²) in [6, 6.07) is 9.27. The number of nitrogens with one attached hydrogen (secondary N) is 1. The molecule has 3 heteroatoms. The van der Waals surface area contributed by atoms with Gasteiger partial charge < -0.3 is 10.2 Å². The van der Waals surface area contributed by atoms with Gasteiger partial charge in [-0.2, -0.15) is 0 Å². The van der Waals surface area contributed by atoms with Gasteiger partial charge in [-0.3, -0.25) is 0 Å². The lowest BCUT2D eigenvalue weighted by Gasteiger charge is -2.22. The van der Waals surface area contributed by atoms with Crippen molar-refractivity contribution in [2.75, 3.05) is 23.3 Å². The SMILES string of the molecule is CCN(CC)c1nccc2c(NC3CC3)cccc12. The molecule has 19 heavy (non-hydrogen) atoms. The third-order valence-corrected chi connectivity index (χ3v) is 3.79. The molecule has 0 bridgehead atoms. The van der Waals surface area contributed by atoms with E-state index in [2.05, 4.69) is 53.3 Å². The first-order valence-corrected chi connectivity index (χ1v) is 7.22. The largest absolute Gasteiger partial charge is 0.382 e. The van der Waals surface area contributed by atoms with E-state index in [1.54, 1.807) is 0 Å². The van der Waals surface area contributed by atoms with E-state index in [4.69, 9.17) is 0 Å². The van der Waals surface area contributed by atoms with Crippen molar-refractivity contribution < 1.29 is 0 Å². The van der Waals surface area contributed by atoms with E-state index in [0.29, 0.717) is 6.04 Å². The molecule has 1 aromatic carbocycles. The number of nitrogens with zero attached hydrogens (tertiary/aromatic N) is 2. The summed E-state index contributed by atoms with van der Waals surface area (Å²) in [5, 5.41) is 6.15. The van der Waals surface area contributed by atoms with E-state index in [9.17, 15) is 0 Å². The van der Waals surface area contributed by atoms with Gasteiger partial charge in [0.2, 0.25) is 0 Å². The van der Waals surface area contributed by atoms with Crippen molar-refractivity contribution in [3.8, 4) is 0 Å². The van der Waals surface area contributed by atoms with E-state index in [0.717, 1.165) is 18.9 Å². The smallest absolute Gasteiger partial charge is 0.136 e. The number of aromatic nitrogens is 1. The zero-order valence-electron chi connectivity index (χ0n) is 11.7. The molecule has 0 radical (unpaired) electrons. The van der Waals surface area contributed by atoms with Gasteiger partial charge >= 0.3 is 0 Å². The molecule has 0 saturated heterocycles. The Kier molecular flexibility index (Phi) is 3.28. The van der Waals surface area contributed by atoms with E-state index in [1.165, 1.54) is 29.3 Å². The zero-order chi connectivity index (χ0) is 13.2. The fraction of sp³-hybridized carbons (Fsp3) is 0.438. The van der Waals surface area contributed by atoms with Crippen LogP contribution in [0.15, 0.2) is 30.5 Å². The summed E-state index contributed by atoms with van der Waals surface area (Å²) >= 11 is 0. The van der Waals surface area contributed by atoms with Gasteiger partial charge in [-0.15, -0.1) is 0 Å². The highest BCUT2D eigenvalue weighted by Gasteiger charge is 2.21. The van der Waals surface area contributed by atoms with Crippen molar-refractivity contribution in [2.45, 2.75) is 32.7 Å². The third kappa shape index (κ3) is 2.37. The van der Waals surface area contributed by atoms with Gasteiger partial charge in [-0.1, -0.05) is 12.1 Å². The molecule has 1 aromatic heterocycles. The highest BCUT2D eigenvalue weighted by Crippen LogP contribution is 2.32. The van der Waals surface area contributed by atoms with Crippen molar-refractivity contribution in [1.29, 1.82) is 0 Å². The van der Waals surface area contributed by atoms with Gasteiger partial charge in [-0.25, -0.2) is 4.98 Å². The maximum atomic E-state index is 4.58. The molecule has 2 aromatic rings. The van der Waals surface area contributed by atoms with Gasteiger partial charge in [-0.05, 0) is 38.8 Å². The minimum atomic E-state index is 0.677. The van der Waals surface area contributed by atoms with Crippen LogP contribution in [0, 0.1) is 0 Å². The molecule has 0 spiro atoms. The second kappa shape index (κ2) is 5.08. The molecule has 1 aliphatic rings. The maximum Gasteiger partial charge on any atom is 0.136 e. The molecule has 1 heterocycles. The van der Waals surface area contributed by atoms with Crippen LogP contribution in [0.25, 0.3) is 10.8 Å². The topological polar surface area (TPSA) is 28.2 Å². The van der Waals surface area contributed by atoms with Crippen LogP contribution in [0.5, 0.6) is 0 Å². The zero-order valence-corrected chi connectivity index (χ0v) is 11.7. The third-order valence-electron chi connectivity index (χ3n) is 3.79. The second-order valence-corrected chi connectivity index (χ2v) is 5.13. The van der Waals surface area contributed by atoms with Gasteiger partial charge in [0.25, 0.3) is 0 Å². The number of anilines is 2. The molecule has 0 aliphatic heterocycles. The molecule has 3 nitrogen and oxygen atoms in total. The first kappa shape index (κ1) is 12.3. The first-order chi connectivity index (χ1) is 9.33. The fourth-order valence-corrected chi connectivity index (χ4v) is 2.54. The van der Waals surface area contributed by atoms with Gasteiger partial charge in [0.1, 0.15) is 5.82 Å². The minimum absolute atomic E-state index is 0.677. The summed E-state index contributed by atoms with van der Waals surface area (Å²) in [6.07, 6.45) is 4.52. The molecule has 1 saturated carbocycles. The standard InChI is InChI=1S/C16H21N3/c1-3-19(4-2)16-14-6-5-7-15(18-12-8-9-12)13(14)10-11-17-16/h5-7,10-12,18H,3-4,8-9H2,1-2H3. The van der Waals surface area contributed by atoms with Crippen molar-refractivity contribution in [2.24, 2.45) is 0 Å². The van der Waals surface area contributed by atoms with Crippen molar-refractivity contribution in [1.82, 2.24) is 4.98 Å². The molecule has 0 amide bonds. The van der Waals surface area contributed by atoms with Crippen molar-refractivity contribution in [3.63, 3.8) is 0 Å². The molecule has 1 aliphatic carbocycles. The van der Waals surface area contributed by atoms with Crippen LogP contribution in [-0.2, 0) is 0 Å². The summed E-state index contributed by atoms with van der Waals surface area (Å²) in [6.45, 7) is 6.33. The molecule has 3 rings (SSSR count). The summed E-state index contributed by atoms with van der Waals surface area (Å²) in [7, 11) is 0. The van der Waals surface area contributed by atoms with Crippen LogP contribution < -0.4 is 10.2 Å². The lowest BCUT2D eigenvalue weighted by Crippen LogP contribution is -2.23. The Labute approximate surface area is 114 Å². The Morgan fingerprint density at radius 1 is 1.16 bits per heavy atom. The highest BCUT2D eigenvalue weighted by atomic mass is 15.2. The Hall–Kier alpha value is -1.77. The maximum absolute atomic E-state index is 4.58. The highest BCUT2D eigenvalue weighted by molar-refractivity contribution is 6.00. The summed E-state index contributed by atoms with van der Waals surface area (Å²) in [5.74, 6) is 1.10. The van der Waals surface area contributed by atoms with E-state index >= 15 is 0 Å². The predicted octanol–water partition coefficient (Wildman–Crippen LogP) is 3.66. The van der Waals surface area contributed by atoms with Crippen LogP contribution >= 0.6 is 0 Å². The quantitative estimate of drug-likeness (QED) is 0.883. The molecule has 1 fully saturated rings. The fourth-order valence-electron chi connectivity index (χ4n) is 2.54. The van der Waals surface area contributed by atoms with Gasteiger partial charge in [0, 0.05) is 41.8 Å². The van der Waals surface area contributed by atoms with E-state index < -0.39 is 0 Å². The number of hydrogen-bond acceptors (Lipinski definition) is 3. The van der Waals surface area contributed by atoms with Crippen LogP contribution in [0.3, 0.4) is 0 Å². The minimum Gasteiger partial charge on any atom is -0.382 e. The predicted molar refractivity (Wildman–Crippen MR) is 81.9 cm³/mol. The molecular formula is C16H21N3. The monoisotopic (exact) mass is 255 g/mol. The summed E-state index contributed by atoms with van der Waals surface area (Å²) in [4.78, 5) is 6.89. The Morgan fingerprint density at radius 2 is 1.95 bits per heavy atom. The summed E-state index contributed by atoms with van der Waals surface area (Å²) < 4.78 is 0. The molecule has 100 valence electrons. The second-order valence-electron chi connectivity index (χ2n) is 5.13. The van der Waals surface area contributed by atoms with E-state index in [-0.39, 0.29) is 0 Å². The van der Waals surface area contributed by atoms with Crippen LogP contribution in [0.2, 0.25) is 0 Å². The number of benzene rings is 1. The molecular weight excluding hydrogens is 234 g/mol. The number of rotatable bonds is 5. The normalized spacial score (nSPS) is 14.6. The van der Waals surface area contributed by atoms with E-state index in [1.807, 2.05) is 6.20 Å². The number of fused-ring (bicyclic) bond motifs is 1. The average molecular weight is 255 g/mol. The van der Waals surface area contributed by atoms with Gasteiger partial charge in [0.15, 0.2) is 0 Å². The summed E-state index contributed by atoms with van der Waals surface area (Å²) in [5.41, 5.74) is 1.25. The van der Waals surface area contributed by atoms with Crippen LogP contribution in [0.4, 0.5) is 11.5 Å².